The van der Waals surface area contributed by atoms with Gasteiger partial charge in [-0.15, -0.1) is 0 Å². The molecule has 0 aromatic carbocycles. The SMILES string of the molecule is CN(C(=O)c1cc(N)n(C(C)(C)C)n1)C1CCCCC1. The van der Waals surface area contributed by atoms with E-state index in [0.717, 1.165) is 12.8 Å². The molecule has 1 aromatic rings. The van der Waals surface area contributed by atoms with Gasteiger partial charge in [0.1, 0.15) is 5.82 Å². The van der Waals surface area contributed by atoms with E-state index >= 15 is 0 Å². The molecule has 0 unspecified atom stereocenters. The van der Waals surface area contributed by atoms with Crippen molar-refractivity contribution in [1.29, 1.82) is 0 Å². The second-order valence-electron chi connectivity index (χ2n) is 6.74. The zero-order valence-electron chi connectivity index (χ0n) is 13.0. The molecule has 0 atom stereocenters. The summed E-state index contributed by atoms with van der Waals surface area (Å²) in [4.78, 5) is 14.4. The topological polar surface area (TPSA) is 64.2 Å². The summed E-state index contributed by atoms with van der Waals surface area (Å²) in [6.07, 6.45) is 5.89. The third kappa shape index (κ3) is 2.97. The molecule has 2 rings (SSSR count). The standard InChI is InChI=1S/C15H26N4O/c1-15(2,3)19-13(16)10-12(17-19)14(20)18(4)11-8-6-5-7-9-11/h10-11H,5-9,16H2,1-4H3. The molecule has 20 heavy (non-hydrogen) atoms. The van der Waals surface area contributed by atoms with Crippen LogP contribution in [0.4, 0.5) is 5.82 Å². The van der Waals surface area contributed by atoms with Crippen LogP contribution in [0, 0.1) is 0 Å². The van der Waals surface area contributed by atoms with E-state index in [-0.39, 0.29) is 11.4 Å². The lowest BCUT2D eigenvalue weighted by molar-refractivity contribution is 0.0688. The van der Waals surface area contributed by atoms with Crippen molar-refractivity contribution in [2.75, 3.05) is 12.8 Å². The molecule has 0 bridgehead atoms. The number of nitrogens with zero attached hydrogens (tertiary/aromatic N) is 3. The van der Waals surface area contributed by atoms with E-state index in [1.807, 2.05) is 32.7 Å². The van der Waals surface area contributed by atoms with Gasteiger partial charge in [0.05, 0.1) is 5.54 Å². The Morgan fingerprint density at radius 2 is 1.95 bits per heavy atom. The molecule has 2 N–H and O–H groups in total. The van der Waals surface area contributed by atoms with Gasteiger partial charge in [-0.25, -0.2) is 4.68 Å². The van der Waals surface area contributed by atoms with Crippen LogP contribution in [0.5, 0.6) is 0 Å². The first-order valence-electron chi connectivity index (χ1n) is 7.44. The highest BCUT2D eigenvalue weighted by Gasteiger charge is 2.26. The fraction of sp³-hybridized carbons (Fsp3) is 0.733. The van der Waals surface area contributed by atoms with Gasteiger partial charge >= 0.3 is 0 Å². The van der Waals surface area contributed by atoms with Crippen LogP contribution < -0.4 is 5.73 Å². The zero-order valence-corrected chi connectivity index (χ0v) is 13.0. The first-order valence-corrected chi connectivity index (χ1v) is 7.44. The monoisotopic (exact) mass is 278 g/mol. The van der Waals surface area contributed by atoms with E-state index in [4.69, 9.17) is 5.73 Å². The van der Waals surface area contributed by atoms with Crippen LogP contribution >= 0.6 is 0 Å². The molecule has 5 heteroatoms. The summed E-state index contributed by atoms with van der Waals surface area (Å²) in [5.41, 5.74) is 6.21. The third-order valence-corrected chi connectivity index (χ3v) is 4.03. The van der Waals surface area contributed by atoms with Gasteiger partial charge < -0.3 is 10.6 Å². The molecule has 1 amide bonds. The van der Waals surface area contributed by atoms with Crippen LogP contribution in [0.3, 0.4) is 0 Å². The van der Waals surface area contributed by atoms with Crippen molar-refractivity contribution in [2.45, 2.75) is 64.5 Å². The van der Waals surface area contributed by atoms with Crippen LogP contribution in [0.25, 0.3) is 0 Å². The Labute approximate surface area is 121 Å². The summed E-state index contributed by atoms with van der Waals surface area (Å²) in [5, 5.41) is 4.40. The van der Waals surface area contributed by atoms with Gasteiger partial charge in [-0.3, -0.25) is 4.79 Å². The highest BCUT2D eigenvalue weighted by Crippen LogP contribution is 2.24. The van der Waals surface area contributed by atoms with Gasteiger partial charge in [0.25, 0.3) is 5.91 Å². The van der Waals surface area contributed by atoms with Gasteiger partial charge in [0.2, 0.25) is 0 Å². The van der Waals surface area contributed by atoms with Crippen molar-refractivity contribution in [3.05, 3.63) is 11.8 Å². The molecular formula is C15H26N4O. The number of hydrogen-bond donors (Lipinski definition) is 1. The maximum Gasteiger partial charge on any atom is 0.274 e. The van der Waals surface area contributed by atoms with E-state index < -0.39 is 0 Å². The summed E-state index contributed by atoms with van der Waals surface area (Å²) in [6, 6.07) is 2.03. The van der Waals surface area contributed by atoms with E-state index in [1.165, 1.54) is 19.3 Å². The van der Waals surface area contributed by atoms with E-state index in [2.05, 4.69) is 5.10 Å². The minimum Gasteiger partial charge on any atom is -0.384 e. The fourth-order valence-electron chi connectivity index (χ4n) is 2.85. The lowest BCUT2D eigenvalue weighted by atomic mass is 9.94. The first kappa shape index (κ1) is 14.9. The molecule has 112 valence electrons. The Morgan fingerprint density at radius 1 is 1.35 bits per heavy atom. The van der Waals surface area contributed by atoms with Gasteiger partial charge in [-0.1, -0.05) is 19.3 Å². The van der Waals surface area contributed by atoms with Crippen molar-refractivity contribution in [2.24, 2.45) is 0 Å². The van der Waals surface area contributed by atoms with Crippen LogP contribution in [0.2, 0.25) is 0 Å². The number of carbonyl (C=O) groups is 1. The van der Waals surface area contributed by atoms with E-state index in [9.17, 15) is 4.79 Å². The first-order chi connectivity index (χ1) is 9.30. The van der Waals surface area contributed by atoms with Crippen molar-refractivity contribution >= 4 is 11.7 Å². The second-order valence-corrected chi connectivity index (χ2v) is 6.74. The molecule has 1 saturated carbocycles. The Morgan fingerprint density at radius 3 is 2.45 bits per heavy atom. The van der Waals surface area contributed by atoms with Crippen LogP contribution in [0.15, 0.2) is 6.07 Å². The number of nitrogens with two attached hydrogens (primary N) is 1. The molecule has 0 radical (unpaired) electrons. The summed E-state index contributed by atoms with van der Waals surface area (Å²) in [5.74, 6) is 0.518. The lowest BCUT2D eigenvalue weighted by Gasteiger charge is -2.30. The zero-order chi connectivity index (χ0) is 14.9. The summed E-state index contributed by atoms with van der Waals surface area (Å²) in [7, 11) is 1.88. The van der Waals surface area contributed by atoms with Crippen molar-refractivity contribution in [1.82, 2.24) is 14.7 Å². The summed E-state index contributed by atoms with van der Waals surface area (Å²) < 4.78 is 1.72. The Balaban J connectivity index is 2.16. The fourth-order valence-corrected chi connectivity index (χ4v) is 2.85. The van der Waals surface area contributed by atoms with Crippen LogP contribution in [-0.2, 0) is 5.54 Å². The summed E-state index contributed by atoms with van der Waals surface area (Å²) in [6.45, 7) is 6.07. The molecule has 1 aliphatic carbocycles. The Hall–Kier alpha value is -1.52. The molecule has 1 aliphatic rings. The van der Waals surface area contributed by atoms with Crippen molar-refractivity contribution in [3.63, 3.8) is 0 Å². The predicted molar refractivity (Wildman–Crippen MR) is 80.6 cm³/mol. The lowest BCUT2D eigenvalue weighted by Crippen LogP contribution is -2.38. The largest absolute Gasteiger partial charge is 0.384 e. The average Bonchev–Trinajstić information content (AvgIpc) is 2.80. The minimum absolute atomic E-state index is 0.0217. The number of aromatic nitrogens is 2. The quantitative estimate of drug-likeness (QED) is 0.904. The molecule has 0 aliphatic heterocycles. The number of rotatable bonds is 2. The molecule has 5 nitrogen and oxygen atoms in total. The minimum atomic E-state index is -0.216. The molecule has 1 aromatic heterocycles. The van der Waals surface area contributed by atoms with Crippen LogP contribution in [0.1, 0.15) is 63.4 Å². The predicted octanol–water partition coefficient (Wildman–Crippen LogP) is 2.62. The second kappa shape index (κ2) is 5.46. The maximum atomic E-state index is 12.5. The van der Waals surface area contributed by atoms with Crippen molar-refractivity contribution < 1.29 is 4.79 Å². The Kier molecular flexibility index (Phi) is 4.06. The van der Waals surface area contributed by atoms with E-state index in [0.29, 0.717) is 17.6 Å². The molecule has 1 fully saturated rings. The van der Waals surface area contributed by atoms with Crippen LogP contribution in [-0.4, -0.2) is 33.7 Å². The maximum absolute atomic E-state index is 12.5. The van der Waals surface area contributed by atoms with Gasteiger partial charge in [-0.05, 0) is 33.6 Å². The number of nitrogen functional groups attached to an aromatic ring is 1. The third-order valence-electron chi connectivity index (χ3n) is 4.03. The molecule has 0 saturated heterocycles. The highest BCUT2D eigenvalue weighted by molar-refractivity contribution is 5.93. The highest BCUT2D eigenvalue weighted by atomic mass is 16.2. The number of hydrogen-bond acceptors (Lipinski definition) is 3. The number of carbonyl (C=O) groups excluding carboxylic acids is 1. The normalized spacial score (nSPS) is 17.2. The van der Waals surface area contributed by atoms with Gasteiger partial charge in [0.15, 0.2) is 5.69 Å². The smallest absolute Gasteiger partial charge is 0.274 e. The summed E-state index contributed by atoms with van der Waals surface area (Å²) >= 11 is 0. The number of anilines is 1. The average molecular weight is 278 g/mol. The number of amides is 1. The molecule has 0 spiro atoms. The molecule has 1 heterocycles. The van der Waals surface area contributed by atoms with Crippen molar-refractivity contribution in [3.8, 4) is 0 Å². The Bertz CT molecular complexity index is 481. The van der Waals surface area contributed by atoms with Gasteiger partial charge in [-0.2, -0.15) is 5.10 Å². The molecular weight excluding hydrogens is 252 g/mol. The van der Waals surface area contributed by atoms with E-state index in [1.54, 1.807) is 10.7 Å². The van der Waals surface area contributed by atoms with Gasteiger partial charge in [0, 0.05) is 19.2 Å².